The molecule has 0 unspecified atom stereocenters. The molecule has 14 rings (SSSR count). The van der Waals surface area contributed by atoms with Gasteiger partial charge in [0.15, 0.2) is 0 Å². The molecule has 0 N–H and O–H groups in total. The predicted octanol–water partition coefficient (Wildman–Crippen LogP) is 18.7. The van der Waals surface area contributed by atoms with Crippen molar-refractivity contribution in [1.29, 1.82) is 0 Å². The van der Waals surface area contributed by atoms with Crippen LogP contribution < -0.4 is 9.80 Å². The zero-order valence-electron chi connectivity index (χ0n) is 38.2. The molecule has 0 amide bonds. The van der Waals surface area contributed by atoms with Crippen molar-refractivity contribution in [3.8, 4) is 44.5 Å². The van der Waals surface area contributed by atoms with E-state index in [1.165, 1.54) is 98.3 Å². The molecule has 328 valence electrons. The quantitative estimate of drug-likeness (QED) is 0.157. The Labute approximate surface area is 412 Å². The second-order valence-electron chi connectivity index (χ2n) is 18.3. The molecule has 0 fully saturated rings. The lowest BCUT2D eigenvalue weighted by molar-refractivity contribution is 0.753. The lowest BCUT2D eigenvalue weighted by atomic mass is 9.64. The summed E-state index contributed by atoms with van der Waals surface area (Å²) in [6.07, 6.45) is 0. The molecule has 12 aromatic rings. The summed E-state index contributed by atoms with van der Waals surface area (Å²) in [6, 6.07) is 98.4. The van der Waals surface area contributed by atoms with E-state index >= 15 is 0 Å². The van der Waals surface area contributed by atoms with Crippen molar-refractivity contribution in [3.63, 3.8) is 0 Å². The lowest BCUT2D eigenvalue weighted by Crippen LogP contribution is -2.36. The van der Waals surface area contributed by atoms with Crippen molar-refractivity contribution in [1.82, 2.24) is 0 Å². The Morgan fingerprint density at radius 3 is 1.53 bits per heavy atom. The Morgan fingerprint density at radius 2 is 0.814 bits per heavy atom. The molecule has 0 atom stereocenters. The molecule has 0 saturated carbocycles. The molecule has 2 heterocycles. The van der Waals surface area contributed by atoms with E-state index in [0.717, 1.165) is 22.7 Å². The SMILES string of the molecule is c1ccc(-c2ccc(N(c3ccccc3-c3ccccc3)c3cccc4c3sc3c(-c5ccc6c(c5)C5(c7ccccc7-6)c6ccccc6N(c6ccccc6)c6ccccc65)cccc34)cc2)cc1. The fourth-order valence-electron chi connectivity index (χ4n) is 11.7. The van der Waals surface area contributed by atoms with E-state index in [9.17, 15) is 0 Å². The Kier molecular flexibility index (Phi) is 9.33. The molecular formula is C67H44N2S. The van der Waals surface area contributed by atoms with Crippen molar-refractivity contribution in [2.24, 2.45) is 0 Å². The maximum atomic E-state index is 2.53. The third-order valence-electron chi connectivity index (χ3n) is 14.7. The van der Waals surface area contributed by atoms with Gasteiger partial charge < -0.3 is 9.80 Å². The van der Waals surface area contributed by atoms with Crippen LogP contribution in [0.25, 0.3) is 64.7 Å². The van der Waals surface area contributed by atoms with Gasteiger partial charge in [-0.05, 0) is 116 Å². The second-order valence-corrected chi connectivity index (χ2v) is 19.4. The van der Waals surface area contributed by atoms with Gasteiger partial charge in [-0.15, -0.1) is 11.3 Å². The van der Waals surface area contributed by atoms with Gasteiger partial charge in [-0.3, -0.25) is 0 Å². The maximum absolute atomic E-state index is 2.53. The highest BCUT2D eigenvalue weighted by molar-refractivity contribution is 7.27. The van der Waals surface area contributed by atoms with Crippen LogP contribution in [0.3, 0.4) is 0 Å². The topological polar surface area (TPSA) is 6.48 Å². The van der Waals surface area contributed by atoms with Gasteiger partial charge in [-0.1, -0.05) is 212 Å². The Hall–Kier alpha value is -8.76. The first-order valence-electron chi connectivity index (χ1n) is 24.1. The van der Waals surface area contributed by atoms with Gasteiger partial charge in [0.25, 0.3) is 0 Å². The van der Waals surface area contributed by atoms with E-state index in [2.05, 4.69) is 277 Å². The van der Waals surface area contributed by atoms with Gasteiger partial charge in [0.2, 0.25) is 0 Å². The molecule has 2 aliphatic rings. The summed E-state index contributed by atoms with van der Waals surface area (Å²) in [5.41, 5.74) is 21.4. The molecule has 2 nitrogen and oxygen atoms in total. The van der Waals surface area contributed by atoms with E-state index in [-0.39, 0.29) is 0 Å². The van der Waals surface area contributed by atoms with E-state index in [1.807, 2.05) is 11.3 Å². The van der Waals surface area contributed by atoms with Crippen molar-refractivity contribution in [2.45, 2.75) is 5.41 Å². The smallest absolute Gasteiger partial charge is 0.0754 e. The number of para-hydroxylation sites is 4. The molecular weight excluding hydrogens is 865 g/mol. The number of anilines is 6. The van der Waals surface area contributed by atoms with Gasteiger partial charge in [0, 0.05) is 32.4 Å². The van der Waals surface area contributed by atoms with Gasteiger partial charge >= 0.3 is 0 Å². The first-order chi connectivity index (χ1) is 34.8. The van der Waals surface area contributed by atoms with Crippen molar-refractivity contribution < 1.29 is 0 Å². The molecule has 1 aliphatic heterocycles. The summed E-state index contributed by atoms with van der Waals surface area (Å²) in [5.74, 6) is 0. The van der Waals surface area contributed by atoms with Crippen LogP contribution in [-0.2, 0) is 5.41 Å². The fraction of sp³-hybridized carbons (Fsp3) is 0.0149. The summed E-state index contributed by atoms with van der Waals surface area (Å²) < 4.78 is 2.53. The van der Waals surface area contributed by atoms with E-state index in [1.54, 1.807) is 0 Å². The van der Waals surface area contributed by atoms with Gasteiger partial charge in [0.1, 0.15) is 0 Å². The third-order valence-corrected chi connectivity index (χ3v) is 16.0. The molecule has 0 bridgehead atoms. The van der Waals surface area contributed by atoms with Gasteiger partial charge in [0.05, 0.1) is 32.9 Å². The van der Waals surface area contributed by atoms with Crippen molar-refractivity contribution in [2.75, 3.05) is 9.80 Å². The molecule has 0 saturated heterocycles. The van der Waals surface area contributed by atoms with Crippen molar-refractivity contribution >= 4 is 65.6 Å². The molecule has 1 spiro atoms. The van der Waals surface area contributed by atoms with Crippen LogP contribution in [0.15, 0.2) is 267 Å². The average molecular weight is 909 g/mol. The summed E-state index contributed by atoms with van der Waals surface area (Å²) in [4.78, 5) is 4.93. The number of rotatable bonds is 7. The fourth-order valence-corrected chi connectivity index (χ4v) is 13.0. The maximum Gasteiger partial charge on any atom is 0.0754 e. The number of fused-ring (bicyclic) bond motifs is 12. The highest BCUT2D eigenvalue weighted by Crippen LogP contribution is 2.64. The third kappa shape index (κ3) is 6.05. The largest absolute Gasteiger partial charge is 0.310 e. The van der Waals surface area contributed by atoms with Crippen LogP contribution in [0.4, 0.5) is 34.1 Å². The van der Waals surface area contributed by atoms with Crippen molar-refractivity contribution in [3.05, 3.63) is 289 Å². The van der Waals surface area contributed by atoms with Gasteiger partial charge in [-0.25, -0.2) is 0 Å². The molecule has 70 heavy (non-hydrogen) atoms. The highest BCUT2D eigenvalue weighted by atomic mass is 32.1. The summed E-state index contributed by atoms with van der Waals surface area (Å²) in [7, 11) is 0. The molecule has 3 heteroatoms. The summed E-state index contributed by atoms with van der Waals surface area (Å²) in [6.45, 7) is 0. The number of hydrogen-bond donors (Lipinski definition) is 0. The van der Waals surface area contributed by atoms with Gasteiger partial charge in [-0.2, -0.15) is 0 Å². The minimum absolute atomic E-state index is 0.537. The first-order valence-corrected chi connectivity index (χ1v) is 24.9. The van der Waals surface area contributed by atoms with Crippen LogP contribution in [-0.4, -0.2) is 0 Å². The molecule has 0 radical (unpaired) electrons. The number of benzene rings is 11. The normalized spacial score (nSPS) is 12.9. The summed E-state index contributed by atoms with van der Waals surface area (Å²) in [5, 5.41) is 2.52. The molecule has 11 aromatic carbocycles. The minimum atomic E-state index is -0.537. The Morgan fingerprint density at radius 1 is 0.314 bits per heavy atom. The molecule has 1 aromatic heterocycles. The van der Waals surface area contributed by atoms with E-state index in [4.69, 9.17) is 0 Å². The average Bonchev–Trinajstić information content (AvgIpc) is 3.97. The second kappa shape index (κ2) is 16.2. The molecule has 1 aliphatic carbocycles. The predicted molar refractivity (Wildman–Crippen MR) is 296 cm³/mol. The number of thiophene rings is 1. The zero-order chi connectivity index (χ0) is 46.2. The number of nitrogens with zero attached hydrogens (tertiary/aromatic N) is 2. The first kappa shape index (κ1) is 40.3. The summed E-state index contributed by atoms with van der Waals surface area (Å²) >= 11 is 1.90. The van der Waals surface area contributed by atoms with Crippen LogP contribution in [0, 0.1) is 0 Å². The monoisotopic (exact) mass is 908 g/mol. The highest BCUT2D eigenvalue weighted by Gasteiger charge is 2.51. The van der Waals surface area contributed by atoms with Crippen LogP contribution in [0.1, 0.15) is 22.3 Å². The van der Waals surface area contributed by atoms with E-state index in [0.29, 0.717) is 0 Å². The standard InChI is InChI=1S/C67H44N2S/c1-4-20-45(21-5-1)46-38-41-50(42-39-46)68(61-34-15-11-26-51(61)47-22-6-2-7-23-47)64-37-19-30-56-55-29-18-28-52(65(55)70-66(56)64)48-40-43-54-53-27-10-12-31-57(53)67(60(54)44-48)58-32-13-16-35-62(58)69(49-24-8-3-9-25-49)63-36-17-14-33-59(63)67/h1-44H. The van der Waals surface area contributed by atoms with Crippen LogP contribution in [0.2, 0.25) is 0 Å². The Bertz CT molecular complexity index is 3900. The van der Waals surface area contributed by atoms with Crippen LogP contribution >= 0.6 is 11.3 Å². The van der Waals surface area contributed by atoms with E-state index < -0.39 is 5.41 Å². The van der Waals surface area contributed by atoms with Crippen LogP contribution in [0.5, 0.6) is 0 Å². The Balaban J connectivity index is 0.975. The zero-order valence-corrected chi connectivity index (χ0v) is 39.0. The minimum Gasteiger partial charge on any atom is -0.310 e. The lowest BCUT2D eigenvalue weighted by Gasteiger charge is -2.45. The number of hydrogen-bond acceptors (Lipinski definition) is 3.